The van der Waals surface area contributed by atoms with E-state index in [1.807, 2.05) is 4.90 Å². The molecule has 1 N–H and O–H groups in total. The Morgan fingerprint density at radius 3 is 2.79 bits per heavy atom. The van der Waals surface area contributed by atoms with Gasteiger partial charge in [-0.05, 0) is 39.4 Å². The molecule has 1 amide bonds. The van der Waals surface area contributed by atoms with Gasteiger partial charge in [0, 0.05) is 19.1 Å². The summed E-state index contributed by atoms with van der Waals surface area (Å²) in [7, 11) is 2.08. The van der Waals surface area contributed by atoms with E-state index in [1.165, 1.54) is 12.8 Å². The van der Waals surface area contributed by atoms with Crippen LogP contribution in [0.15, 0.2) is 0 Å². The van der Waals surface area contributed by atoms with Gasteiger partial charge in [-0.1, -0.05) is 0 Å². The number of nitrogens with one attached hydrogen (secondary N) is 1. The van der Waals surface area contributed by atoms with Gasteiger partial charge in [0.2, 0.25) is 5.91 Å². The highest BCUT2D eigenvalue weighted by atomic mass is 35.5. The summed E-state index contributed by atoms with van der Waals surface area (Å²) in [6.45, 7) is 5.59. The lowest BCUT2D eigenvalue weighted by molar-refractivity contribution is -0.136. The maximum absolute atomic E-state index is 12.2. The maximum Gasteiger partial charge on any atom is 0.236 e. The molecule has 2 heterocycles. The van der Waals surface area contributed by atoms with Crippen LogP contribution in [0, 0.1) is 0 Å². The topological polar surface area (TPSA) is 44.8 Å². The molecule has 0 saturated carbocycles. The van der Waals surface area contributed by atoms with Crippen LogP contribution in [0.2, 0.25) is 0 Å². The van der Waals surface area contributed by atoms with Gasteiger partial charge >= 0.3 is 0 Å². The average Bonchev–Trinajstić information content (AvgIpc) is 2.68. The van der Waals surface area contributed by atoms with Gasteiger partial charge in [0.25, 0.3) is 0 Å². The molecule has 0 spiro atoms. The van der Waals surface area contributed by atoms with E-state index in [1.54, 1.807) is 0 Å². The molecule has 0 aromatic carbocycles. The van der Waals surface area contributed by atoms with Crippen LogP contribution in [-0.2, 0) is 9.53 Å². The van der Waals surface area contributed by atoms with Crippen molar-refractivity contribution in [3.63, 3.8) is 0 Å². The van der Waals surface area contributed by atoms with Crippen LogP contribution in [0.5, 0.6) is 0 Å². The number of halogens is 1. The second kappa shape index (κ2) is 8.74. The van der Waals surface area contributed by atoms with Crippen molar-refractivity contribution in [2.24, 2.45) is 0 Å². The van der Waals surface area contributed by atoms with Crippen molar-refractivity contribution in [2.75, 3.05) is 53.0 Å². The second-order valence-electron chi connectivity index (χ2n) is 5.24. The Labute approximate surface area is 122 Å². The van der Waals surface area contributed by atoms with E-state index in [9.17, 15) is 4.79 Å². The molecule has 1 atom stereocenters. The van der Waals surface area contributed by atoms with Gasteiger partial charge < -0.3 is 15.0 Å². The molecule has 2 aliphatic heterocycles. The van der Waals surface area contributed by atoms with Gasteiger partial charge in [0.15, 0.2) is 0 Å². The van der Waals surface area contributed by atoms with Crippen molar-refractivity contribution < 1.29 is 9.53 Å². The van der Waals surface area contributed by atoms with Crippen LogP contribution in [-0.4, -0.2) is 74.7 Å². The molecular weight excluding hydrogens is 266 g/mol. The van der Waals surface area contributed by atoms with Crippen LogP contribution in [0.4, 0.5) is 0 Å². The molecule has 0 aliphatic carbocycles. The van der Waals surface area contributed by atoms with Gasteiger partial charge in [0.05, 0.1) is 19.8 Å². The lowest BCUT2D eigenvalue weighted by Gasteiger charge is -2.31. The quantitative estimate of drug-likeness (QED) is 0.815. The molecular formula is C13H26ClN3O2. The predicted molar refractivity (Wildman–Crippen MR) is 77.8 cm³/mol. The number of nitrogens with zero attached hydrogens (tertiary/aromatic N) is 2. The zero-order valence-electron chi connectivity index (χ0n) is 11.8. The number of carbonyl (C=O) groups is 1. The number of rotatable bonds is 3. The third-order valence-electron chi connectivity index (χ3n) is 3.92. The van der Waals surface area contributed by atoms with Gasteiger partial charge in [0.1, 0.15) is 0 Å². The Morgan fingerprint density at radius 1 is 1.32 bits per heavy atom. The summed E-state index contributed by atoms with van der Waals surface area (Å²) >= 11 is 0. The minimum atomic E-state index is 0. The molecule has 112 valence electrons. The SMILES string of the molecule is CN(CC(=O)N1CCOCC1)C1CCCNCC1.Cl. The average molecular weight is 292 g/mol. The molecule has 1 unspecified atom stereocenters. The number of hydrogen-bond donors (Lipinski definition) is 1. The van der Waals surface area contributed by atoms with Crippen LogP contribution in [0.3, 0.4) is 0 Å². The van der Waals surface area contributed by atoms with Crippen LogP contribution in [0.1, 0.15) is 19.3 Å². The number of ether oxygens (including phenoxy) is 1. The van der Waals surface area contributed by atoms with E-state index in [0.29, 0.717) is 25.8 Å². The predicted octanol–water partition coefficient (Wildman–Crippen LogP) is 0.341. The lowest BCUT2D eigenvalue weighted by atomic mass is 10.1. The monoisotopic (exact) mass is 291 g/mol. The normalized spacial score (nSPS) is 24.7. The molecule has 0 bridgehead atoms. The van der Waals surface area contributed by atoms with Gasteiger partial charge in [-0.25, -0.2) is 0 Å². The molecule has 0 aromatic heterocycles. The van der Waals surface area contributed by atoms with E-state index >= 15 is 0 Å². The highest BCUT2D eigenvalue weighted by molar-refractivity contribution is 5.85. The molecule has 2 fully saturated rings. The zero-order chi connectivity index (χ0) is 12.8. The number of hydrogen-bond acceptors (Lipinski definition) is 4. The molecule has 2 saturated heterocycles. The fraction of sp³-hybridized carbons (Fsp3) is 0.923. The molecule has 6 heteroatoms. The summed E-state index contributed by atoms with van der Waals surface area (Å²) in [6, 6.07) is 0.546. The standard InChI is InChI=1S/C13H25N3O2.ClH/c1-15(12-3-2-5-14-6-4-12)11-13(17)16-7-9-18-10-8-16;/h12,14H,2-11H2,1H3;1H. The molecule has 2 rings (SSSR count). The largest absolute Gasteiger partial charge is 0.378 e. The van der Waals surface area contributed by atoms with Crippen LogP contribution < -0.4 is 5.32 Å². The highest BCUT2D eigenvalue weighted by Gasteiger charge is 2.22. The first-order valence-corrected chi connectivity index (χ1v) is 7.04. The Hall–Kier alpha value is -0.360. The summed E-state index contributed by atoms with van der Waals surface area (Å²) < 4.78 is 5.27. The minimum absolute atomic E-state index is 0. The first-order chi connectivity index (χ1) is 8.77. The minimum Gasteiger partial charge on any atom is -0.378 e. The third kappa shape index (κ3) is 5.26. The first kappa shape index (κ1) is 16.7. The van der Waals surface area contributed by atoms with E-state index in [4.69, 9.17) is 4.74 Å². The summed E-state index contributed by atoms with van der Waals surface area (Å²) in [6.07, 6.45) is 3.55. The smallest absolute Gasteiger partial charge is 0.236 e. The third-order valence-corrected chi connectivity index (χ3v) is 3.92. The van der Waals surface area contributed by atoms with Crippen molar-refractivity contribution in [1.29, 1.82) is 0 Å². The van der Waals surface area contributed by atoms with Gasteiger partial charge in [-0.15, -0.1) is 12.4 Å². The molecule has 2 aliphatic rings. The number of likely N-dealkylation sites (N-methyl/N-ethyl adjacent to an activating group) is 1. The Balaban J connectivity index is 0.00000180. The molecule has 0 radical (unpaired) electrons. The van der Waals surface area contributed by atoms with E-state index < -0.39 is 0 Å². The number of amides is 1. The fourth-order valence-electron chi connectivity index (χ4n) is 2.70. The van der Waals surface area contributed by atoms with Crippen molar-refractivity contribution in [3.05, 3.63) is 0 Å². The van der Waals surface area contributed by atoms with Gasteiger partial charge in [-0.3, -0.25) is 9.69 Å². The summed E-state index contributed by atoms with van der Waals surface area (Å²) in [5.41, 5.74) is 0. The van der Waals surface area contributed by atoms with Crippen molar-refractivity contribution >= 4 is 18.3 Å². The number of morpholine rings is 1. The Kier molecular flexibility index (Phi) is 7.68. The number of carbonyl (C=O) groups excluding carboxylic acids is 1. The summed E-state index contributed by atoms with van der Waals surface area (Å²) in [5.74, 6) is 0.248. The van der Waals surface area contributed by atoms with E-state index in [-0.39, 0.29) is 18.3 Å². The maximum atomic E-state index is 12.2. The van der Waals surface area contributed by atoms with Crippen LogP contribution >= 0.6 is 12.4 Å². The summed E-state index contributed by atoms with van der Waals surface area (Å²) in [4.78, 5) is 16.3. The van der Waals surface area contributed by atoms with Crippen LogP contribution in [0.25, 0.3) is 0 Å². The van der Waals surface area contributed by atoms with Crippen molar-refractivity contribution in [1.82, 2.24) is 15.1 Å². The first-order valence-electron chi connectivity index (χ1n) is 7.04. The van der Waals surface area contributed by atoms with Crippen molar-refractivity contribution in [3.8, 4) is 0 Å². The Bertz CT molecular complexity index is 265. The molecule has 0 aromatic rings. The highest BCUT2D eigenvalue weighted by Crippen LogP contribution is 2.12. The second-order valence-corrected chi connectivity index (χ2v) is 5.24. The van der Waals surface area contributed by atoms with Crippen molar-refractivity contribution in [2.45, 2.75) is 25.3 Å². The van der Waals surface area contributed by atoms with E-state index in [0.717, 1.165) is 32.6 Å². The Morgan fingerprint density at radius 2 is 2.05 bits per heavy atom. The fourth-order valence-corrected chi connectivity index (χ4v) is 2.70. The zero-order valence-corrected chi connectivity index (χ0v) is 12.6. The van der Waals surface area contributed by atoms with E-state index in [2.05, 4.69) is 17.3 Å². The molecule has 19 heavy (non-hydrogen) atoms. The molecule has 5 nitrogen and oxygen atoms in total. The summed E-state index contributed by atoms with van der Waals surface area (Å²) in [5, 5.41) is 3.41. The van der Waals surface area contributed by atoms with Gasteiger partial charge in [-0.2, -0.15) is 0 Å². The lowest BCUT2D eigenvalue weighted by Crippen LogP contribution is -2.47.